The zero-order valence-electron chi connectivity index (χ0n) is 18.1. The third-order valence-electron chi connectivity index (χ3n) is 4.87. The average Bonchev–Trinajstić information content (AvgIpc) is 3.30. The van der Waals surface area contributed by atoms with Crippen molar-refractivity contribution in [3.63, 3.8) is 0 Å². The first kappa shape index (κ1) is 21.4. The molecule has 0 fully saturated rings. The van der Waals surface area contributed by atoms with Crippen molar-refractivity contribution in [2.24, 2.45) is 4.99 Å². The molecular weight excluding hydrogens is 376 g/mol. The zero-order valence-corrected chi connectivity index (χ0v) is 18.1. The Morgan fingerprint density at radius 2 is 2.00 bits per heavy atom. The van der Waals surface area contributed by atoms with Crippen molar-refractivity contribution >= 4 is 5.96 Å². The molecule has 1 heterocycles. The minimum absolute atomic E-state index is 0.180. The summed E-state index contributed by atoms with van der Waals surface area (Å²) in [5.74, 6) is 2.41. The molecule has 7 heteroatoms. The number of hydrogen-bond donors (Lipinski definition) is 3. The highest BCUT2D eigenvalue weighted by atomic mass is 16.5. The van der Waals surface area contributed by atoms with Gasteiger partial charge in [-0.25, -0.2) is 4.98 Å². The van der Waals surface area contributed by atoms with E-state index in [-0.39, 0.29) is 6.10 Å². The molecule has 0 aliphatic heterocycles. The van der Waals surface area contributed by atoms with Crippen LogP contribution >= 0.6 is 0 Å². The van der Waals surface area contributed by atoms with Crippen LogP contribution in [-0.4, -0.2) is 34.3 Å². The van der Waals surface area contributed by atoms with E-state index in [1.165, 1.54) is 11.9 Å². The lowest BCUT2D eigenvalue weighted by Crippen LogP contribution is -2.36. The lowest BCUT2D eigenvalue weighted by molar-refractivity contribution is 0.215. The van der Waals surface area contributed by atoms with Crippen molar-refractivity contribution < 1.29 is 4.74 Å². The fourth-order valence-corrected chi connectivity index (χ4v) is 2.98. The molecule has 30 heavy (non-hydrogen) atoms. The summed E-state index contributed by atoms with van der Waals surface area (Å²) in [6.45, 7) is 7.57. The summed E-state index contributed by atoms with van der Waals surface area (Å²) < 4.78 is 6.10. The highest BCUT2D eigenvalue weighted by Gasteiger charge is 2.09. The van der Waals surface area contributed by atoms with E-state index in [4.69, 9.17) is 4.74 Å². The fraction of sp³-hybridized carbons (Fsp3) is 0.348. The Bertz CT molecular complexity index is 968. The van der Waals surface area contributed by atoms with Crippen LogP contribution in [-0.2, 0) is 13.1 Å². The number of rotatable bonds is 8. The first-order chi connectivity index (χ1) is 14.6. The summed E-state index contributed by atoms with van der Waals surface area (Å²) in [6, 6.07) is 14.5. The van der Waals surface area contributed by atoms with Gasteiger partial charge in [-0.1, -0.05) is 37.3 Å². The number of nitrogens with one attached hydrogen (secondary N) is 3. The molecule has 7 nitrogen and oxygen atoms in total. The molecule has 3 N–H and O–H groups in total. The van der Waals surface area contributed by atoms with E-state index >= 15 is 0 Å². The highest BCUT2D eigenvalue weighted by Crippen LogP contribution is 2.22. The summed E-state index contributed by atoms with van der Waals surface area (Å²) in [5.41, 5.74) is 4.42. The Morgan fingerprint density at radius 3 is 2.73 bits per heavy atom. The maximum absolute atomic E-state index is 6.10. The molecule has 0 amide bonds. The molecule has 1 aromatic heterocycles. The van der Waals surface area contributed by atoms with Gasteiger partial charge in [-0.2, -0.15) is 5.10 Å². The second kappa shape index (κ2) is 10.4. The normalized spacial score (nSPS) is 12.5. The second-order valence-electron chi connectivity index (χ2n) is 7.26. The van der Waals surface area contributed by atoms with Crippen LogP contribution in [0.15, 0.2) is 53.8 Å². The SMILES string of the molecule is CCC(C)Oc1cc(C)ccc1CNC(=NC)NCc1cccc(-c2ncn[nH]2)c1. The number of H-pyrrole nitrogens is 1. The average molecular weight is 407 g/mol. The van der Waals surface area contributed by atoms with Crippen LogP contribution in [0.4, 0.5) is 0 Å². The van der Waals surface area contributed by atoms with Gasteiger partial charge in [0.25, 0.3) is 0 Å². The molecule has 0 aliphatic rings. The maximum Gasteiger partial charge on any atom is 0.191 e. The van der Waals surface area contributed by atoms with Crippen LogP contribution in [0, 0.1) is 6.92 Å². The number of nitrogens with zero attached hydrogens (tertiary/aromatic N) is 3. The molecule has 0 spiro atoms. The van der Waals surface area contributed by atoms with Crippen molar-refractivity contribution in [1.29, 1.82) is 0 Å². The van der Waals surface area contributed by atoms with Crippen molar-refractivity contribution in [3.05, 3.63) is 65.5 Å². The summed E-state index contributed by atoms with van der Waals surface area (Å²) in [6.07, 6.45) is 2.66. The quantitative estimate of drug-likeness (QED) is 0.391. The number of aromatic amines is 1. The Morgan fingerprint density at radius 1 is 1.17 bits per heavy atom. The summed E-state index contributed by atoms with van der Waals surface area (Å²) in [7, 11) is 1.77. The number of benzene rings is 2. The predicted octanol–water partition coefficient (Wildman–Crippen LogP) is 3.82. The lowest BCUT2D eigenvalue weighted by atomic mass is 10.1. The third-order valence-corrected chi connectivity index (χ3v) is 4.87. The summed E-state index contributed by atoms with van der Waals surface area (Å²) in [5, 5.41) is 13.5. The molecular formula is C23H30N6O. The van der Waals surface area contributed by atoms with Gasteiger partial charge in [0.05, 0.1) is 6.10 Å². The Kier molecular flexibility index (Phi) is 7.43. The van der Waals surface area contributed by atoms with Crippen molar-refractivity contribution in [3.8, 4) is 17.1 Å². The van der Waals surface area contributed by atoms with Gasteiger partial charge in [-0.05, 0) is 43.5 Å². The molecule has 0 radical (unpaired) electrons. The molecule has 3 rings (SSSR count). The lowest BCUT2D eigenvalue weighted by Gasteiger charge is -2.18. The van der Waals surface area contributed by atoms with Gasteiger partial charge in [0.15, 0.2) is 11.8 Å². The van der Waals surface area contributed by atoms with Gasteiger partial charge in [-0.15, -0.1) is 0 Å². The zero-order chi connectivity index (χ0) is 21.3. The van der Waals surface area contributed by atoms with Crippen LogP contribution in [0.25, 0.3) is 11.4 Å². The van der Waals surface area contributed by atoms with E-state index in [0.29, 0.717) is 13.1 Å². The molecule has 1 atom stereocenters. The van der Waals surface area contributed by atoms with Crippen LogP contribution < -0.4 is 15.4 Å². The van der Waals surface area contributed by atoms with E-state index in [2.05, 4.69) is 81.9 Å². The summed E-state index contributed by atoms with van der Waals surface area (Å²) in [4.78, 5) is 8.55. The number of aryl methyl sites for hydroxylation is 1. The second-order valence-corrected chi connectivity index (χ2v) is 7.26. The van der Waals surface area contributed by atoms with E-state index < -0.39 is 0 Å². The van der Waals surface area contributed by atoms with Gasteiger partial charge in [-0.3, -0.25) is 10.1 Å². The Balaban J connectivity index is 1.60. The number of guanidine groups is 1. The Hall–Kier alpha value is -3.35. The van der Waals surface area contributed by atoms with Gasteiger partial charge < -0.3 is 15.4 Å². The number of aliphatic imine (C=N–C) groups is 1. The minimum Gasteiger partial charge on any atom is -0.490 e. The van der Waals surface area contributed by atoms with Crippen molar-refractivity contribution in [2.75, 3.05) is 7.05 Å². The molecule has 0 saturated carbocycles. The number of ether oxygens (including phenoxy) is 1. The van der Waals surface area contributed by atoms with E-state index in [9.17, 15) is 0 Å². The molecule has 158 valence electrons. The van der Waals surface area contributed by atoms with Crippen LogP contribution in [0.1, 0.15) is 37.0 Å². The first-order valence-electron chi connectivity index (χ1n) is 10.2. The Labute approximate surface area is 178 Å². The van der Waals surface area contributed by atoms with E-state index in [1.807, 2.05) is 12.1 Å². The topological polar surface area (TPSA) is 87.2 Å². The number of aromatic nitrogens is 3. The molecule has 0 bridgehead atoms. The molecule has 2 aromatic carbocycles. The predicted molar refractivity (Wildman–Crippen MR) is 120 cm³/mol. The largest absolute Gasteiger partial charge is 0.490 e. The monoisotopic (exact) mass is 406 g/mol. The van der Waals surface area contributed by atoms with E-state index in [0.717, 1.165) is 40.6 Å². The maximum atomic E-state index is 6.10. The van der Waals surface area contributed by atoms with Crippen molar-refractivity contribution in [1.82, 2.24) is 25.8 Å². The van der Waals surface area contributed by atoms with Gasteiger partial charge in [0.1, 0.15) is 12.1 Å². The third kappa shape index (κ3) is 5.83. The van der Waals surface area contributed by atoms with Gasteiger partial charge in [0.2, 0.25) is 0 Å². The van der Waals surface area contributed by atoms with Gasteiger partial charge >= 0.3 is 0 Å². The standard InChI is InChI=1S/C23H30N6O/c1-5-17(3)30-21-11-16(2)9-10-20(21)14-26-23(24-4)25-13-18-7-6-8-19(12-18)22-27-15-28-29-22/h6-12,15,17H,5,13-14H2,1-4H3,(H2,24,25,26)(H,27,28,29). The molecule has 0 aliphatic carbocycles. The molecule has 1 unspecified atom stereocenters. The molecule has 0 saturated heterocycles. The smallest absolute Gasteiger partial charge is 0.191 e. The van der Waals surface area contributed by atoms with Crippen molar-refractivity contribution in [2.45, 2.75) is 46.4 Å². The van der Waals surface area contributed by atoms with E-state index in [1.54, 1.807) is 7.05 Å². The molecule has 3 aromatic rings. The minimum atomic E-state index is 0.180. The van der Waals surface area contributed by atoms with Crippen LogP contribution in [0.2, 0.25) is 0 Å². The van der Waals surface area contributed by atoms with Crippen LogP contribution in [0.5, 0.6) is 5.75 Å². The fourth-order valence-electron chi connectivity index (χ4n) is 2.98. The summed E-state index contributed by atoms with van der Waals surface area (Å²) >= 11 is 0. The first-order valence-corrected chi connectivity index (χ1v) is 10.2. The van der Waals surface area contributed by atoms with Gasteiger partial charge in [0, 0.05) is 31.3 Å². The number of hydrogen-bond acceptors (Lipinski definition) is 4. The highest BCUT2D eigenvalue weighted by molar-refractivity contribution is 5.79. The van der Waals surface area contributed by atoms with Crippen LogP contribution in [0.3, 0.4) is 0 Å².